The smallest absolute Gasteiger partial charge is 0.332 e. The summed E-state index contributed by atoms with van der Waals surface area (Å²) in [6.45, 7) is 8.01. The molecule has 0 aromatic carbocycles. The number of thioether (sulfide) groups is 1. The molecule has 0 unspecified atom stereocenters. The molecule has 3 rings (SSSR count). The highest BCUT2D eigenvalue weighted by molar-refractivity contribution is 8.00. The Hall–Kier alpha value is -2.16. The number of aryl methyl sites for hydroxylation is 1. The van der Waals surface area contributed by atoms with Gasteiger partial charge in [0.2, 0.25) is 5.91 Å². The number of nitrogens with one attached hydrogen (secondary N) is 1. The van der Waals surface area contributed by atoms with Gasteiger partial charge in [-0.15, -0.1) is 0 Å². The van der Waals surface area contributed by atoms with Crippen LogP contribution in [0.25, 0.3) is 11.0 Å². The number of carbonyl (C=O) groups excluding carboxylic acids is 1. The molecule has 1 aliphatic rings. The summed E-state index contributed by atoms with van der Waals surface area (Å²) in [4.78, 5) is 47.3. The van der Waals surface area contributed by atoms with E-state index in [1.54, 1.807) is 6.92 Å². The molecule has 0 aliphatic heterocycles. The SMILES string of the molecule is Cc1nc(S[C@@H](C)C(=O)NC2CCCCC2)c2c(=O)n(C)c(=O)n(CC(C)C)c2n1. The van der Waals surface area contributed by atoms with E-state index in [0.29, 0.717) is 28.4 Å². The molecule has 0 spiro atoms. The van der Waals surface area contributed by atoms with Crippen molar-refractivity contribution in [3.05, 3.63) is 26.7 Å². The molecule has 0 saturated heterocycles. The van der Waals surface area contributed by atoms with Gasteiger partial charge in [-0.1, -0.05) is 44.9 Å². The average molecular weight is 434 g/mol. The Morgan fingerprint density at radius 2 is 1.83 bits per heavy atom. The fourth-order valence-corrected chi connectivity index (χ4v) is 4.83. The summed E-state index contributed by atoms with van der Waals surface area (Å²) in [6.07, 6.45) is 5.54. The van der Waals surface area contributed by atoms with E-state index < -0.39 is 16.5 Å². The first-order valence-electron chi connectivity index (χ1n) is 10.6. The van der Waals surface area contributed by atoms with E-state index >= 15 is 0 Å². The number of nitrogens with zero attached hydrogens (tertiary/aromatic N) is 4. The largest absolute Gasteiger partial charge is 0.352 e. The second kappa shape index (κ2) is 9.32. The molecule has 2 aromatic heterocycles. The number of carbonyl (C=O) groups is 1. The minimum atomic E-state index is -0.433. The van der Waals surface area contributed by atoms with E-state index in [9.17, 15) is 14.4 Å². The van der Waals surface area contributed by atoms with Gasteiger partial charge in [0.1, 0.15) is 16.2 Å². The lowest BCUT2D eigenvalue weighted by molar-refractivity contribution is -0.121. The summed E-state index contributed by atoms with van der Waals surface area (Å²) in [5.41, 5.74) is -0.484. The molecular formula is C21H31N5O3S. The van der Waals surface area contributed by atoms with Gasteiger partial charge in [-0.3, -0.25) is 18.7 Å². The van der Waals surface area contributed by atoms with Gasteiger partial charge in [-0.05, 0) is 32.6 Å². The normalized spacial score (nSPS) is 16.2. The van der Waals surface area contributed by atoms with Crippen LogP contribution in [0.1, 0.15) is 58.7 Å². The molecule has 164 valence electrons. The molecular weight excluding hydrogens is 402 g/mol. The Kier molecular flexibility index (Phi) is 7.00. The molecule has 0 bridgehead atoms. The Morgan fingerprint density at radius 1 is 1.17 bits per heavy atom. The van der Waals surface area contributed by atoms with Crippen LogP contribution in [-0.4, -0.2) is 36.3 Å². The van der Waals surface area contributed by atoms with Crippen LogP contribution in [0.15, 0.2) is 14.6 Å². The van der Waals surface area contributed by atoms with Crippen LogP contribution in [0, 0.1) is 12.8 Å². The standard InChI is InChI=1S/C21H31N5O3S/c1-12(2)11-26-17-16(20(28)25(5)21(26)29)19(23-14(4)22-17)30-13(3)18(27)24-15-9-7-6-8-10-15/h12-13,15H,6-11H2,1-5H3,(H,24,27)/t13-/m0/s1. The van der Waals surface area contributed by atoms with Gasteiger partial charge in [0, 0.05) is 19.6 Å². The molecule has 1 N–H and O–H groups in total. The molecule has 30 heavy (non-hydrogen) atoms. The second-order valence-electron chi connectivity index (χ2n) is 8.53. The molecule has 1 amide bonds. The Balaban J connectivity index is 1.99. The molecule has 2 aromatic rings. The minimum absolute atomic E-state index is 0.0522. The van der Waals surface area contributed by atoms with Crippen molar-refractivity contribution in [2.24, 2.45) is 13.0 Å². The number of hydrogen-bond donors (Lipinski definition) is 1. The van der Waals surface area contributed by atoms with E-state index in [4.69, 9.17) is 0 Å². The van der Waals surface area contributed by atoms with Crippen molar-refractivity contribution in [2.75, 3.05) is 0 Å². The maximum atomic E-state index is 12.9. The van der Waals surface area contributed by atoms with Gasteiger partial charge < -0.3 is 5.32 Å². The third kappa shape index (κ3) is 4.77. The summed E-state index contributed by atoms with van der Waals surface area (Å²) in [6, 6.07) is 0.224. The first-order valence-corrected chi connectivity index (χ1v) is 11.5. The van der Waals surface area contributed by atoms with Crippen LogP contribution in [0.5, 0.6) is 0 Å². The van der Waals surface area contributed by atoms with Gasteiger partial charge in [-0.2, -0.15) is 0 Å². The molecule has 1 atom stereocenters. The van der Waals surface area contributed by atoms with Gasteiger partial charge in [0.15, 0.2) is 5.65 Å². The molecule has 2 heterocycles. The highest BCUT2D eigenvalue weighted by Crippen LogP contribution is 2.27. The highest BCUT2D eigenvalue weighted by atomic mass is 32.2. The number of amides is 1. The fourth-order valence-electron chi connectivity index (χ4n) is 3.84. The molecule has 9 heteroatoms. The van der Waals surface area contributed by atoms with Crippen molar-refractivity contribution in [1.29, 1.82) is 0 Å². The van der Waals surface area contributed by atoms with Crippen LogP contribution in [0.4, 0.5) is 0 Å². The first kappa shape index (κ1) is 22.5. The predicted molar refractivity (Wildman–Crippen MR) is 119 cm³/mol. The Morgan fingerprint density at radius 3 is 2.47 bits per heavy atom. The highest BCUT2D eigenvalue weighted by Gasteiger charge is 2.24. The Labute approximate surface area is 180 Å². The van der Waals surface area contributed by atoms with Crippen LogP contribution >= 0.6 is 11.8 Å². The first-order chi connectivity index (χ1) is 14.2. The quantitative estimate of drug-likeness (QED) is 0.555. The van der Waals surface area contributed by atoms with Crippen molar-refractivity contribution in [3.8, 4) is 0 Å². The lowest BCUT2D eigenvalue weighted by Gasteiger charge is -2.24. The van der Waals surface area contributed by atoms with Crippen LogP contribution in [0.3, 0.4) is 0 Å². The van der Waals surface area contributed by atoms with Crippen molar-refractivity contribution in [1.82, 2.24) is 24.4 Å². The van der Waals surface area contributed by atoms with E-state index in [0.717, 1.165) is 30.3 Å². The third-order valence-electron chi connectivity index (χ3n) is 5.42. The lowest BCUT2D eigenvalue weighted by atomic mass is 9.95. The zero-order valence-electron chi connectivity index (χ0n) is 18.4. The number of fused-ring (bicyclic) bond motifs is 1. The third-order valence-corrected chi connectivity index (χ3v) is 6.50. The summed E-state index contributed by atoms with van der Waals surface area (Å²) < 4.78 is 2.63. The van der Waals surface area contributed by atoms with Gasteiger partial charge in [0.05, 0.1) is 5.25 Å². The van der Waals surface area contributed by atoms with Gasteiger partial charge in [-0.25, -0.2) is 14.8 Å². The molecule has 1 saturated carbocycles. The molecule has 1 fully saturated rings. The van der Waals surface area contributed by atoms with Crippen molar-refractivity contribution in [3.63, 3.8) is 0 Å². The van der Waals surface area contributed by atoms with E-state index in [1.165, 1.54) is 29.8 Å². The van der Waals surface area contributed by atoms with Gasteiger partial charge in [0.25, 0.3) is 5.56 Å². The van der Waals surface area contributed by atoms with E-state index in [2.05, 4.69) is 15.3 Å². The zero-order chi connectivity index (χ0) is 22.0. The molecule has 8 nitrogen and oxygen atoms in total. The van der Waals surface area contributed by atoms with E-state index in [1.807, 2.05) is 20.8 Å². The monoisotopic (exact) mass is 433 g/mol. The van der Waals surface area contributed by atoms with Crippen LogP contribution in [0.2, 0.25) is 0 Å². The zero-order valence-corrected chi connectivity index (χ0v) is 19.2. The molecule has 1 aliphatic carbocycles. The van der Waals surface area contributed by atoms with Crippen LogP contribution < -0.4 is 16.6 Å². The van der Waals surface area contributed by atoms with Crippen molar-refractivity contribution < 1.29 is 4.79 Å². The van der Waals surface area contributed by atoms with Crippen molar-refractivity contribution >= 4 is 28.7 Å². The summed E-state index contributed by atoms with van der Waals surface area (Å²) in [5.74, 6) is 0.619. The van der Waals surface area contributed by atoms with Gasteiger partial charge >= 0.3 is 5.69 Å². The predicted octanol–water partition coefficient (Wildman–Crippen LogP) is 2.38. The summed E-state index contributed by atoms with van der Waals surface area (Å²) in [5, 5.41) is 3.46. The number of aromatic nitrogens is 4. The maximum Gasteiger partial charge on any atom is 0.332 e. The number of rotatable bonds is 6. The van der Waals surface area contributed by atoms with E-state index in [-0.39, 0.29) is 17.9 Å². The molecule has 0 radical (unpaired) electrons. The van der Waals surface area contributed by atoms with Crippen molar-refractivity contribution in [2.45, 2.75) is 82.7 Å². The second-order valence-corrected chi connectivity index (χ2v) is 9.86. The maximum absolute atomic E-state index is 12.9. The Bertz CT molecular complexity index is 1050. The van der Waals surface area contributed by atoms with Crippen LogP contribution in [-0.2, 0) is 18.4 Å². The number of hydrogen-bond acceptors (Lipinski definition) is 6. The average Bonchev–Trinajstić information content (AvgIpc) is 2.69. The topological polar surface area (TPSA) is 98.9 Å². The minimum Gasteiger partial charge on any atom is -0.352 e. The lowest BCUT2D eigenvalue weighted by Crippen LogP contribution is -2.41. The summed E-state index contributed by atoms with van der Waals surface area (Å²) in [7, 11) is 1.47. The fraction of sp³-hybridized carbons (Fsp3) is 0.667. The summed E-state index contributed by atoms with van der Waals surface area (Å²) >= 11 is 1.25.